The van der Waals surface area contributed by atoms with E-state index in [1.165, 1.54) is 4.90 Å². The number of likely N-dealkylation sites (tertiary alicyclic amines) is 1. The molecule has 0 spiro atoms. The average Bonchev–Trinajstić information content (AvgIpc) is 2.71. The number of carboxylic acid groups (broad SMARTS) is 1. The Labute approximate surface area is 100 Å². The van der Waals surface area contributed by atoms with Gasteiger partial charge < -0.3 is 15.3 Å². The minimum atomic E-state index is -0.845. The molecule has 5 nitrogen and oxygen atoms in total. The molecule has 1 aliphatic heterocycles. The number of hydrogen-bond acceptors (Lipinski definition) is 3. The monoisotopic (exact) mass is 235 g/mol. The van der Waals surface area contributed by atoms with Crippen LogP contribution in [0.4, 0.5) is 10.6 Å². The van der Waals surface area contributed by atoms with Gasteiger partial charge in [0.1, 0.15) is 5.82 Å². The number of hydrogen-bond donors (Lipinski definition) is 2. The number of amides is 1. The van der Waals surface area contributed by atoms with Gasteiger partial charge in [-0.25, -0.2) is 9.78 Å². The van der Waals surface area contributed by atoms with E-state index in [0.29, 0.717) is 13.1 Å². The van der Waals surface area contributed by atoms with Gasteiger partial charge in [0.2, 0.25) is 0 Å². The third-order valence-electron chi connectivity index (χ3n) is 3.01. The number of pyridine rings is 1. The van der Waals surface area contributed by atoms with E-state index in [9.17, 15) is 4.79 Å². The largest absolute Gasteiger partial charge is 0.465 e. The summed E-state index contributed by atoms with van der Waals surface area (Å²) in [4.78, 5) is 16.6. The van der Waals surface area contributed by atoms with Crippen LogP contribution in [0.1, 0.15) is 17.5 Å². The zero-order chi connectivity index (χ0) is 12.4. The topological polar surface area (TPSA) is 65.5 Å². The highest BCUT2D eigenvalue weighted by Gasteiger charge is 2.26. The van der Waals surface area contributed by atoms with Gasteiger partial charge in [-0.05, 0) is 31.4 Å². The number of rotatable bonds is 2. The Balaban J connectivity index is 2.00. The molecule has 0 aliphatic carbocycles. The summed E-state index contributed by atoms with van der Waals surface area (Å²) in [6, 6.07) is 2.24. The summed E-state index contributed by atoms with van der Waals surface area (Å²) in [5.41, 5.74) is 2.23. The van der Waals surface area contributed by atoms with Crippen molar-refractivity contribution in [1.82, 2.24) is 9.88 Å². The molecule has 2 heterocycles. The first-order valence-corrected chi connectivity index (χ1v) is 5.74. The van der Waals surface area contributed by atoms with Gasteiger partial charge in [-0.15, -0.1) is 0 Å². The molecule has 1 amide bonds. The maximum Gasteiger partial charge on any atom is 0.407 e. The van der Waals surface area contributed by atoms with Gasteiger partial charge in [0, 0.05) is 25.3 Å². The van der Waals surface area contributed by atoms with Gasteiger partial charge >= 0.3 is 6.09 Å². The van der Waals surface area contributed by atoms with Gasteiger partial charge in [0.15, 0.2) is 0 Å². The quantitative estimate of drug-likeness (QED) is 0.821. The number of aryl methyl sites for hydroxylation is 2. The van der Waals surface area contributed by atoms with Crippen LogP contribution in [-0.2, 0) is 0 Å². The number of nitrogens with zero attached hydrogens (tertiary/aromatic N) is 2. The SMILES string of the molecule is Cc1cnc(N[C@@H]2CCN(C(=O)O)C2)c(C)c1. The van der Waals surface area contributed by atoms with Crippen molar-refractivity contribution < 1.29 is 9.90 Å². The van der Waals surface area contributed by atoms with E-state index in [2.05, 4.69) is 16.4 Å². The lowest BCUT2D eigenvalue weighted by atomic mass is 10.2. The van der Waals surface area contributed by atoms with Crippen molar-refractivity contribution in [3.05, 3.63) is 23.4 Å². The Kier molecular flexibility index (Phi) is 3.17. The van der Waals surface area contributed by atoms with Crippen LogP contribution in [0.2, 0.25) is 0 Å². The summed E-state index contributed by atoms with van der Waals surface area (Å²) >= 11 is 0. The molecule has 0 unspecified atom stereocenters. The van der Waals surface area contributed by atoms with Gasteiger partial charge in [-0.2, -0.15) is 0 Å². The van der Waals surface area contributed by atoms with Crippen molar-refractivity contribution in [2.45, 2.75) is 26.3 Å². The van der Waals surface area contributed by atoms with E-state index in [1.807, 2.05) is 20.0 Å². The highest BCUT2D eigenvalue weighted by Crippen LogP contribution is 2.18. The van der Waals surface area contributed by atoms with E-state index < -0.39 is 6.09 Å². The number of carbonyl (C=O) groups is 1. The van der Waals surface area contributed by atoms with Gasteiger partial charge in [0.05, 0.1) is 0 Å². The number of nitrogens with one attached hydrogen (secondary N) is 1. The molecular formula is C12H17N3O2. The molecule has 0 aromatic carbocycles. The highest BCUT2D eigenvalue weighted by atomic mass is 16.4. The number of aromatic nitrogens is 1. The third kappa shape index (κ3) is 2.67. The van der Waals surface area contributed by atoms with Crippen molar-refractivity contribution >= 4 is 11.9 Å². The van der Waals surface area contributed by atoms with Crippen LogP contribution >= 0.6 is 0 Å². The molecule has 2 N–H and O–H groups in total. The summed E-state index contributed by atoms with van der Waals surface area (Å²) in [7, 11) is 0. The molecule has 1 aromatic rings. The zero-order valence-electron chi connectivity index (χ0n) is 10.1. The van der Waals surface area contributed by atoms with E-state index in [0.717, 1.165) is 23.4 Å². The van der Waals surface area contributed by atoms with Crippen molar-refractivity contribution in [3.63, 3.8) is 0 Å². The molecule has 0 radical (unpaired) electrons. The summed E-state index contributed by atoms with van der Waals surface area (Å²) < 4.78 is 0. The Hall–Kier alpha value is -1.78. The van der Waals surface area contributed by atoms with Crippen molar-refractivity contribution in [2.24, 2.45) is 0 Å². The molecule has 2 rings (SSSR count). The summed E-state index contributed by atoms with van der Waals surface area (Å²) in [5, 5.41) is 12.2. The fraction of sp³-hybridized carbons (Fsp3) is 0.500. The second-order valence-electron chi connectivity index (χ2n) is 4.54. The van der Waals surface area contributed by atoms with Gasteiger partial charge in [-0.1, -0.05) is 6.07 Å². The van der Waals surface area contributed by atoms with Crippen LogP contribution in [0.15, 0.2) is 12.3 Å². The van der Waals surface area contributed by atoms with Crippen LogP contribution in [0, 0.1) is 13.8 Å². The molecule has 1 fully saturated rings. The maximum atomic E-state index is 10.8. The Bertz CT molecular complexity index is 434. The van der Waals surface area contributed by atoms with Crippen LogP contribution in [-0.4, -0.2) is 40.2 Å². The molecule has 1 saturated heterocycles. The summed E-state index contributed by atoms with van der Waals surface area (Å²) in [6.07, 6.45) is 1.81. The van der Waals surface area contributed by atoms with Crippen molar-refractivity contribution in [3.8, 4) is 0 Å². The standard InChI is InChI=1S/C12H17N3O2/c1-8-5-9(2)11(13-6-8)14-10-3-4-15(7-10)12(16)17/h5-6,10H,3-4,7H2,1-2H3,(H,13,14)(H,16,17)/t10-/m1/s1. The van der Waals surface area contributed by atoms with Gasteiger partial charge in [0.25, 0.3) is 0 Å². The van der Waals surface area contributed by atoms with Crippen molar-refractivity contribution in [2.75, 3.05) is 18.4 Å². The third-order valence-corrected chi connectivity index (χ3v) is 3.01. The van der Waals surface area contributed by atoms with Crippen LogP contribution in [0.3, 0.4) is 0 Å². The Morgan fingerprint density at radius 2 is 2.35 bits per heavy atom. The molecular weight excluding hydrogens is 218 g/mol. The van der Waals surface area contributed by atoms with Crippen LogP contribution in [0.25, 0.3) is 0 Å². The minimum Gasteiger partial charge on any atom is -0.465 e. The normalized spacial score (nSPS) is 19.4. The minimum absolute atomic E-state index is 0.167. The summed E-state index contributed by atoms with van der Waals surface area (Å²) in [5.74, 6) is 0.854. The van der Waals surface area contributed by atoms with E-state index >= 15 is 0 Å². The Morgan fingerprint density at radius 3 is 2.94 bits per heavy atom. The van der Waals surface area contributed by atoms with E-state index in [-0.39, 0.29) is 6.04 Å². The first-order valence-electron chi connectivity index (χ1n) is 5.74. The second-order valence-corrected chi connectivity index (χ2v) is 4.54. The highest BCUT2D eigenvalue weighted by molar-refractivity contribution is 5.65. The number of anilines is 1. The maximum absolute atomic E-state index is 10.8. The summed E-state index contributed by atoms with van der Waals surface area (Å²) in [6.45, 7) is 5.14. The lowest BCUT2D eigenvalue weighted by Gasteiger charge is -2.16. The fourth-order valence-electron chi connectivity index (χ4n) is 2.11. The van der Waals surface area contributed by atoms with E-state index in [1.54, 1.807) is 0 Å². The van der Waals surface area contributed by atoms with Crippen molar-refractivity contribution in [1.29, 1.82) is 0 Å². The molecule has 1 atom stereocenters. The fourth-order valence-corrected chi connectivity index (χ4v) is 2.11. The molecule has 1 aliphatic rings. The lowest BCUT2D eigenvalue weighted by molar-refractivity contribution is 0.155. The second kappa shape index (κ2) is 4.61. The molecule has 17 heavy (non-hydrogen) atoms. The Morgan fingerprint density at radius 1 is 1.59 bits per heavy atom. The lowest BCUT2D eigenvalue weighted by Crippen LogP contribution is -2.30. The van der Waals surface area contributed by atoms with Crippen LogP contribution in [0.5, 0.6) is 0 Å². The molecule has 0 bridgehead atoms. The first kappa shape index (κ1) is 11.7. The first-order chi connectivity index (χ1) is 8.06. The molecule has 5 heteroatoms. The molecule has 92 valence electrons. The predicted octanol–water partition coefficient (Wildman–Crippen LogP) is 1.86. The molecule has 0 saturated carbocycles. The van der Waals surface area contributed by atoms with E-state index in [4.69, 9.17) is 5.11 Å². The van der Waals surface area contributed by atoms with Gasteiger partial charge in [-0.3, -0.25) is 0 Å². The van der Waals surface area contributed by atoms with Crippen LogP contribution < -0.4 is 5.32 Å². The predicted molar refractivity (Wildman–Crippen MR) is 65.3 cm³/mol. The average molecular weight is 235 g/mol. The smallest absolute Gasteiger partial charge is 0.407 e. The molecule has 1 aromatic heterocycles. The zero-order valence-corrected chi connectivity index (χ0v) is 10.1.